The molecule has 2 aromatic carbocycles. The lowest BCUT2D eigenvalue weighted by atomic mass is 9.89. The van der Waals surface area contributed by atoms with Crippen molar-refractivity contribution in [2.24, 2.45) is 5.92 Å². The topological polar surface area (TPSA) is 74.1 Å². The maximum atomic E-state index is 15.2. The van der Waals surface area contributed by atoms with E-state index < -0.39 is 17.9 Å². The Morgan fingerprint density at radius 2 is 1.98 bits per heavy atom. The molecule has 1 N–H and O–H groups in total. The maximum Gasteiger partial charge on any atom is 0.350 e. The summed E-state index contributed by atoms with van der Waals surface area (Å²) in [5.41, 5.74) is 1.05. The molecule has 12 heteroatoms. The number of rotatable bonds is 7. The van der Waals surface area contributed by atoms with Gasteiger partial charge >= 0.3 is 5.69 Å². The number of benzene rings is 2. The molecule has 5 heterocycles. The number of nitrogens with zero attached hydrogens (tertiary/aromatic N) is 5. The van der Waals surface area contributed by atoms with Gasteiger partial charge in [0.2, 0.25) is 0 Å². The summed E-state index contributed by atoms with van der Waals surface area (Å²) in [4.78, 5) is 26.1. The first-order valence-corrected chi connectivity index (χ1v) is 17.1. The van der Waals surface area contributed by atoms with Crippen LogP contribution in [0.5, 0.6) is 0 Å². The van der Waals surface area contributed by atoms with Gasteiger partial charge < -0.3 is 14.7 Å². The summed E-state index contributed by atoms with van der Waals surface area (Å²) >= 11 is 8.54. The van der Waals surface area contributed by atoms with Crippen molar-refractivity contribution in [2.45, 2.75) is 55.4 Å². The van der Waals surface area contributed by atoms with Gasteiger partial charge in [-0.1, -0.05) is 18.2 Å². The highest BCUT2D eigenvalue weighted by Gasteiger charge is 2.36. The third-order valence-corrected chi connectivity index (χ3v) is 11.5. The molecular formula is C33H38ClF2N5O3S. The number of piperidine rings is 1. The van der Waals surface area contributed by atoms with E-state index in [1.165, 1.54) is 18.2 Å². The minimum absolute atomic E-state index is 0.0617. The average Bonchev–Trinajstić information content (AvgIpc) is 2.99. The predicted octanol–water partition coefficient (Wildman–Crippen LogP) is 5.16. The van der Waals surface area contributed by atoms with Crippen molar-refractivity contribution < 1.29 is 18.6 Å². The molecule has 0 aliphatic carbocycles. The molecule has 45 heavy (non-hydrogen) atoms. The molecule has 3 aromatic rings. The highest BCUT2D eigenvalue weighted by molar-refractivity contribution is 7.99. The van der Waals surface area contributed by atoms with Crippen LogP contribution in [0, 0.1) is 17.6 Å². The summed E-state index contributed by atoms with van der Waals surface area (Å²) in [5.74, 6) is 0.278. The van der Waals surface area contributed by atoms with Gasteiger partial charge in [-0.2, -0.15) is 4.98 Å². The quantitative estimate of drug-likeness (QED) is 0.350. The van der Waals surface area contributed by atoms with Crippen molar-refractivity contribution in [3.8, 4) is 11.1 Å². The van der Waals surface area contributed by atoms with Crippen molar-refractivity contribution in [3.05, 3.63) is 64.1 Å². The predicted molar refractivity (Wildman–Crippen MR) is 174 cm³/mol. The number of halogens is 3. The lowest BCUT2D eigenvalue weighted by molar-refractivity contribution is -0.0743. The van der Waals surface area contributed by atoms with E-state index >= 15 is 4.39 Å². The number of anilines is 1. The Morgan fingerprint density at radius 3 is 2.64 bits per heavy atom. The van der Waals surface area contributed by atoms with Crippen LogP contribution in [-0.2, 0) is 4.74 Å². The Hall–Kier alpha value is -2.54. The molecule has 8 nitrogen and oxygen atoms in total. The molecule has 3 fully saturated rings. The number of piperazine rings is 1. The third kappa shape index (κ3) is 5.70. The normalized spacial score (nSPS) is 24.2. The van der Waals surface area contributed by atoms with Gasteiger partial charge in [-0.25, -0.2) is 13.6 Å². The average molecular weight is 658 g/mol. The van der Waals surface area contributed by atoms with E-state index in [0.29, 0.717) is 64.2 Å². The molecule has 7 rings (SSSR count). The second-order valence-electron chi connectivity index (χ2n) is 12.7. The summed E-state index contributed by atoms with van der Waals surface area (Å²) in [6, 6.07) is 5.69. The van der Waals surface area contributed by atoms with E-state index in [1.807, 2.05) is 16.4 Å². The minimum atomic E-state index is -0.752. The monoisotopic (exact) mass is 657 g/mol. The highest BCUT2D eigenvalue weighted by Crippen LogP contribution is 2.49. The van der Waals surface area contributed by atoms with Gasteiger partial charge in [0.1, 0.15) is 23.7 Å². The molecule has 240 valence electrons. The second-order valence-corrected chi connectivity index (χ2v) is 14.2. The van der Waals surface area contributed by atoms with Crippen LogP contribution in [-0.4, -0.2) is 94.5 Å². The molecule has 4 aliphatic heterocycles. The van der Waals surface area contributed by atoms with Crippen LogP contribution in [0.1, 0.15) is 32.2 Å². The molecule has 1 unspecified atom stereocenters. The van der Waals surface area contributed by atoms with Gasteiger partial charge in [0.25, 0.3) is 0 Å². The fraction of sp³-hybridized carbons (Fsp3) is 0.515. The zero-order valence-corrected chi connectivity index (χ0v) is 26.9. The van der Waals surface area contributed by atoms with E-state index in [1.54, 1.807) is 17.8 Å². The number of aliphatic hydroxyl groups is 1. The van der Waals surface area contributed by atoms with Crippen molar-refractivity contribution in [1.82, 2.24) is 19.4 Å². The van der Waals surface area contributed by atoms with E-state index in [9.17, 15) is 14.3 Å². The lowest BCUT2D eigenvalue weighted by Gasteiger charge is -2.43. The van der Waals surface area contributed by atoms with Crippen molar-refractivity contribution in [2.75, 3.05) is 56.6 Å². The van der Waals surface area contributed by atoms with Crippen molar-refractivity contribution in [1.29, 1.82) is 0 Å². The molecule has 3 atom stereocenters. The Bertz CT molecular complexity index is 1680. The van der Waals surface area contributed by atoms with Gasteiger partial charge in [-0.15, -0.1) is 11.8 Å². The molecule has 3 saturated heterocycles. The number of likely N-dealkylation sites (tertiary alicyclic amines) is 1. The first kappa shape index (κ1) is 31.1. The Labute approximate surface area is 270 Å². The first-order valence-electron chi connectivity index (χ1n) is 15.7. The molecule has 0 radical (unpaired) electrons. The van der Waals surface area contributed by atoms with Crippen LogP contribution in [0.25, 0.3) is 22.0 Å². The Balaban J connectivity index is 1.31. The fourth-order valence-corrected chi connectivity index (χ4v) is 9.17. The van der Waals surface area contributed by atoms with Crippen LogP contribution in [0.15, 0.2) is 46.6 Å². The smallest absolute Gasteiger partial charge is 0.350 e. The summed E-state index contributed by atoms with van der Waals surface area (Å²) in [5, 5.41) is 11.4. The van der Waals surface area contributed by atoms with E-state index in [0.717, 1.165) is 57.0 Å². The standard InChI is InChI=1S/C33H38ClF2N5O3S/c1-3-28(42)39-10-11-40(19(2)15-39)32-25-14-26(34)29(24-5-4-21(35)13-27(24)36)31-30(25)41(33(43)37-32)22(18-45-31)12-20-6-8-38(9-7-20)23-16-44-17-23/h3-5,13-14,19-20,22-23,28,42H,1,6-12,15-18H2,2H3/t19-,22-,28?/m0/s1. The number of ether oxygens (including phenoxy) is 1. The molecule has 4 aliphatic rings. The number of hydrogen-bond acceptors (Lipinski definition) is 8. The third-order valence-electron chi connectivity index (χ3n) is 9.99. The van der Waals surface area contributed by atoms with Crippen LogP contribution in [0.2, 0.25) is 5.02 Å². The minimum Gasteiger partial charge on any atom is -0.378 e. The molecule has 0 saturated carbocycles. The van der Waals surface area contributed by atoms with Crippen LogP contribution in [0.4, 0.5) is 14.6 Å². The van der Waals surface area contributed by atoms with E-state index in [2.05, 4.69) is 16.4 Å². The summed E-state index contributed by atoms with van der Waals surface area (Å²) in [7, 11) is 0. The van der Waals surface area contributed by atoms with E-state index in [-0.39, 0.29) is 23.3 Å². The molecule has 0 spiro atoms. The zero-order chi connectivity index (χ0) is 31.4. The molecule has 0 bridgehead atoms. The van der Waals surface area contributed by atoms with Crippen molar-refractivity contribution in [3.63, 3.8) is 0 Å². The lowest BCUT2D eigenvalue weighted by Crippen LogP contribution is -2.55. The highest BCUT2D eigenvalue weighted by atomic mass is 35.5. The second kappa shape index (κ2) is 12.6. The molecular weight excluding hydrogens is 620 g/mol. The zero-order valence-electron chi connectivity index (χ0n) is 25.3. The van der Waals surface area contributed by atoms with E-state index in [4.69, 9.17) is 21.3 Å². The summed E-state index contributed by atoms with van der Waals surface area (Å²) in [6.45, 7) is 11.1. The number of aromatic nitrogens is 2. The molecule has 1 aromatic heterocycles. The van der Waals surface area contributed by atoms with Crippen LogP contribution >= 0.6 is 23.4 Å². The van der Waals surface area contributed by atoms with Gasteiger partial charge in [-0.3, -0.25) is 14.4 Å². The number of thioether (sulfide) groups is 1. The summed E-state index contributed by atoms with van der Waals surface area (Å²) < 4.78 is 36.4. The SMILES string of the molecule is C=CC(O)N1CCN(c2nc(=O)n3c4c(c(-c5ccc(F)cc5F)c(Cl)cc24)SC[C@@H]3CC2CCN(C3COC3)CC2)[C@@H](C)C1. The Kier molecular flexibility index (Phi) is 8.69. The van der Waals surface area contributed by atoms with Gasteiger partial charge in [0.05, 0.1) is 29.8 Å². The van der Waals surface area contributed by atoms with Crippen LogP contribution < -0.4 is 10.6 Å². The Morgan fingerprint density at radius 1 is 1.20 bits per heavy atom. The van der Waals surface area contributed by atoms with Gasteiger partial charge in [0, 0.05) is 64.9 Å². The van der Waals surface area contributed by atoms with Crippen LogP contribution in [0.3, 0.4) is 0 Å². The van der Waals surface area contributed by atoms with Crippen molar-refractivity contribution >= 4 is 40.1 Å². The summed E-state index contributed by atoms with van der Waals surface area (Å²) in [6.07, 6.45) is 3.75. The number of hydrogen-bond donors (Lipinski definition) is 1. The van der Waals surface area contributed by atoms with Gasteiger partial charge in [-0.05, 0) is 69.5 Å². The largest absolute Gasteiger partial charge is 0.378 e. The fourth-order valence-electron chi connectivity index (χ4n) is 7.46. The maximum absolute atomic E-state index is 15.2. The van der Waals surface area contributed by atoms with Gasteiger partial charge in [0.15, 0.2) is 0 Å². The number of aliphatic hydroxyl groups excluding tert-OH is 1. The first-order chi connectivity index (χ1) is 21.7. The molecule has 0 amide bonds.